The van der Waals surface area contributed by atoms with E-state index >= 15 is 0 Å². The van der Waals surface area contributed by atoms with Gasteiger partial charge in [0.1, 0.15) is 35.2 Å². The van der Waals surface area contributed by atoms with Crippen LogP contribution in [-0.4, -0.2) is 18.2 Å². The summed E-state index contributed by atoms with van der Waals surface area (Å²) < 4.78 is 66.8. The minimum Gasteiger partial charge on any atom is -0.497 e. The third-order valence-electron chi connectivity index (χ3n) is 4.61. The first-order valence-corrected chi connectivity index (χ1v) is 9.60. The van der Waals surface area contributed by atoms with Crippen molar-refractivity contribution in [3.05, 3.63) is 82.1 Å². The number of alkyl halides is 3. The Hall–Kier alpha value is -4.41. The molecule has 4 rings (SSSR count). The van der Waals surface area contributed by atoms with Crippen molar-refractivity contribution in [2.45, 2.75) is 12.8 Å². The molecule has 0 aliphatic carbocycles. The maximum atomic E-state index is 13.7. The number of ether oxygens (including phenoxy) is 3. The van der Waals surface area contributed by atoms with Gasteiger partial charge in [0.2, 0.25) is 16.9 Å². The van der Waals surface area contributed by atoms with Crippen LogP contribution in [0.2, 0.25) is 0 Å². The van der Waals surface area contributed by atoms with Crippen LogP contribution in [0.15, 0.2) is 68.2 Å². The Morgan fingerprint density at radius 1 is 0.971 bits per heavy atom. The van der Waals surface area contributed by atoms with Crippen LogP contribution in [0.4, 0.5) is 13.2 Å². The van der Waals surface area contributed by atoms with Gasteiger partial charge in [0.25, 0.3) is 5.76 Å². The van der Waals surface area contributed by atoms with E-state index in [-0.39, 0.29) is 40.6 Å². The van der Waals surface area contributed by atoms with E-state index in [1.165, 1.54) is 55.6 Å². The molecule has 0 radical (unpaired) electrons. The molecule has 0 unspecified atom stereocenters. The molecule has 0 aliphatic rings. The third-order valence-corrected chi connectivity index (χ3v) is 4.61. The topological polar surface area (TPSA) is 108 Å². The zero-order valence-electron chi connectivity index (χ0n) is 17.3. The van der Waals surface area contributed by atoms with Gasteiger partial charge in [-0.3, -0.25) is 4.79 Å². The van der Waals surface area contributed by atoms with Gasteiger partial charge < -0.3 is 28.2 Å². The van der Waals surface area contributed by atoms with Gasteiger partial charge in [0.15, 0.2) is 0 Å². The van der Waals surface area contributed by atoms with E-state index < -0.39 is 29.1 Å². The van der Waals surface area contributed by atoms with Gasteiger partial charge in [-0.15, -0.1) is 0 Å². The van der Waals surface area contributed by atoms with Crippen LogP contribution in [0.5, 0.6) is 23.0 Å². The van der Waals surface area contributed by atoms with Gasteiger partial charge >= 0.3 is 12.1 Å². The molecule has 2 heterocycles. The number of hydrogen-bond acceptors (Lipinski definition) is 7. The van der Waals surface area contributed by atoms with E-state index in [1.54, 1.807) is 0 Å². The Labute approximate surface area is 188 Å². The largest absolute Gasteiger partial charge is 0.497 e. The predicted octanol–water partition coefficient (Wildman–Crippen LogP) is 5.48. The Morgan fingerprint density at radius 3 is 2.26 bits per heavy atom. The summed E-state index contributed by atoms with van der Waals surface area (Å²) >= 11 is 0. The first-order valence-electron chi connectivity index (χ1n) is 9.60. The minimum atomic E-state index is -5.02. The SMILES string of the molecule is COc1ccc(Oc2c(C(F)(F)F)oc3cc(OCc4ccc(C(=O)O)o4)ccc3c2=O)cc1. The molecule has 0 saturated carbocycles. The number of carbonyl (C=O) groups is 1. The zero-order valence-corrected chi connectivity index (χ0v) is 17.3. The van der Waals surface area contributed by atoms with Crippen molar-refractivity contribution in [3.63, 3.8) is 0 Å². The Kier molecular flexibility index (Phi) is 5.93. The van der Waals surface area contributed by atoms with Gasteiger partial charge in [-0.2, -0.15) is 13.2 Å². The maximum absolute atomic E-state index is 13.7. The highest BCUT2D eigenvalue weighted by atomic mass is 19.4. The molecule has 11 heteroatoms. The summed E-state index contributed by atoms with van der Waals surface area (Å²) in [6.45, 7) is -0.201. The number of halogens is 3. The smallest absolute Gasteiger partial charge is 0.453 e. The fourth-order valence-corrected chi connectivity index (χ4v) is 3.01. The quantitative estimate of drug-likeness (QED) is 0.373. The van der Waals surface area contributed by atoms with E-state index in [2.05, 4.69) is 0 Å². The van der Waals surface area contributed by atoms with E-state index in [9.17, 15) is 22.8 Å². The van der Waals surface area contributed by atoms with Crippen LogP contribution >= 0.6 is 0 Å². The Balaban J connectivity index is 1.67. The van der Waals surface area contributed by atoms with Crippen molar-refractivity contribution in [3.8, 4) is 23.0 Å². The highest BCUT2D eigenvalue weighted by molar-refractivity contribution is 5.84. The highest BCUT2D eigenvalue weighted by Crippen LogP contribution is 2.39. The number of rotatable bonds is 7. The number of fused-ring (bicyclic) bond motifs is 1. The molecule has 34 heavy (non-hydrogen) atoms. The molecule has 176 valence electrons. The maximum Gasteiger partial charge on any atom is 0.453 e. The number of furan rings is 1. The van der Waals surface area contributed by atoms with Crippen molar-refractivity contribution in [2.24, 2.45) is 0 Å². The minimum absolute atomic E-state index is 0.0166. The lowest BCUT2D eigenvalue weighted by Gasteiger charge is -2.14. The average molecular weight is 476 g/mol. The van der Waals surface area contributed by atoms with E-state index in [0.717, 1.165) is 6.07 Å². The fraction of sp³-hybridized carbons (Fsp3) is 0.130. The van der Waals surface area contributed by atoms with E-state index in [4.69, 9.17) is 28.2 Å². The lowest BCUT2D eigenvalue weighted by Crippen LogP contribution is -2.15. The molecular formula is C23H15F3O8. The second-order valence-electron chi connectivity index (χ2n) is 6.88. The molecule has 0 bridgehead atoms. The van der Waals surface area contributed by atoms with E-state index in [0.29, 0.717) is 5.75 Å². The Bertz CT molecular complexity index is 1400. The lowest BCUT2D eigenvalue weighted by atomic mass is 10.2. The number of benzene rings is 2. The summed E-state index contributed by atoms with van der Waals surface area (Å²) in [5, 5.41) is 8.72. The zero-order chi connectivity index (χ0) is 24.5. The molecular weight excluding hydrogens is 461 g/mol. The third kappa shape index (κ3) is 4.68. The van der Waals surface area contributed by atoms with Crippen LogP contribution in [0.1, 0.15) is 22.1 Å². The van der Waals surface area contributed by atoms with Crippen molar-refractivity contribution in [1.82, 2.24) is 0 Å². The lowest BCUT2D eigenvalue weighted by molar-refractivity contribution is -0.154. The van der Waals surface area contributed by atoms with Crippen LogP contribution in [-0.2, 0) is 12.8 Å². The van der Waals surface area contributed by atoms with Crippen LogP contribution in [0.3, 0.4) is 0 Å². The summed E-state index contributed by atoms with van der Waals surface area (Å²) in [6, 6.07) is 12.0. The van der Waals surface area contributed by atoms with Crippen molar-refractivity contribution < 1.29 is 46.1 Å². The van der Waals surface area contributed by atoms with Gasteiger partial charge in [-0.25, -0.2) is 4.79 Å². The predicted molar refractivity (Wildman–Crippen MR) is 111 cm³/mol. The van der Waals surface area contributed by atoms with Crippen LogP contribution < -0.4 is 19.6 Å². The monoisotopic (exact) mass is 476 g/mol. The van der Waals surface area contributed by atoms with Gasteiger partial charge in [0.05, 0.1) is 12.5 Å². The number of methoxy groups -OCH3 is 1. The standard InChI is InChI=1S/C23H15F3O8/c1-30-12-2-4-13(5-3-12)33-20-19(27)16-8-6-14(10-18(16)34-21(20)23(24,25)26)31-11-15-7-9-17(32-15)22(28)29/h2-10H,11H2,1H3,(H,28,29). The summed E-state index contributed by atoms with van der Waals surface area (Å²) in [7, 11) is 1.43. The van der Waals surface area contributed by atoms with Gasteiger partial charge in [-0.05, 0) is 48.5 Å². The van der Waals surface area contributed by atoms with Crippen molar-refractivity contribution in [2.75, 3.05) is 7.11 Å². The molecule has 0 atom stereocenters. The second kappa shape index (κ2) is 8.85. The first kappa shape index (κ1) is 22.8. The normalized spacial score (nSPS) is 11.4. The summed E-state index contributed by atoms with van der Waals surface area (Å²) in [5.41, 5.74) is -1.39. The van der Waals surface area contributed by atoms with Crippen molar-refractivity contribution in [1.29, 1.82) is 0 Å². The number of hydrogen-bond donors (Lipinski definition) is 1. The van der Waals surface area contributed by atoms with Gasteiger partial charge in [-0.1, -0.05) is 0 Å². The fourth-order valence-electron chi connectivity index (χ4n) is 3.01. The number of carboxylic acid groups (broad SMARTS) is 1. The van der Waals surface area contributed by atoms with Gasteiger partial charge in [0, 0.05) is 6.07 Å². The molecule has 0 spiro atoms. The summed E-state index contributed by atoms with van der Waals surface area (Å²) in [4.78, 5) is 23.7. The summed E-state index contributed by atoms with van der Waals surface area (Å²) in [6.07, 6.45) is -5.02. The molecule has 0 aliphatic heterocycles. The van der Waals surface area contributed by atoms with Crippen LogP contribution in [0, 0.1) is 0 Å². The molecule has 0 saturated heterocycles. The van der Waals surface area contributed by atoms with Crippen molar-refractivity contribution >= 4 is 16.9 Å². The molecule has 8 nitrogen and oxygen atoms in total. The number of carboxylic acids is 1. The number of aromatic carboxylic acids is 1. The molecule has 4 aromatic rings. The average Bonchev–Trinajstić information content (AvgIpc) is 3.28. The van der Waals surface area contributed by atoms with Crippen LogP contribution in [0.25, 0.3) is 11.0 Å². The molecule has 1 N–H and O–H groups in total. The highest BCUT2D eigenvalue weighted by Gasteiger charge is 2.40. The molecule has 2 aromatic carbocycles. The molecule has 2 aromatic heterocycles. The second-order valence-corrected chi connectivity index (χ2v) is 6.88. The molecule has 0 fully saturated rings. The Morgan fingerprint density at radius 2 is 1.65 bits per heavy atom. The summed E-state index contributed by atoms with van der Waals surface area (Å²) in [5.74, 6) is -3.47. The van der Waals surface area contributed by atoms with E-state index in [1.807, 2.05) is 0 Å². The molecule has 0 amide bonds. The first-order chi connectivity index (χ1) is 16.2.